The second-order valence-corrected chi connectivity index (χ2v) is 9.38. The zero-order valence-corrected chi connectivity index (χ0v) is 23.2. The van der Waals surface area contributed by atoms with Gasteiger partial charge in [0.2, 0.25) is 12.1 Å². The molecule has 0 spiro atoms. The molecule has 0 saturated heterocycles. The first-order valence-corrected chi connectivity index (χ1v) is 13.3. The van der Waals surface area contributed by atoms with Gasteiger partial charge in [-0.15, -0.1) is 0 Å². The number of amides is 2. The third-order valence-electron chi connectivity index (χ3n) is 6.50. The van der Waals surface area contributed by atoms with Gasteiger partial charge in [0.05, 0.1) is 6.54 Å². The van der Waals surface area contributed by atoms with Gasteiger partial charge in [-0.3, -0.25) is 9.59 Å². The fourth-order valence-corrected chi connectivity index (χ4v) is 4.66. The van der Waals surface area contributed by atoms with Crippen LogP contribution in [0.3, 0.4) is 0 Å². The zero-order valence-electron chi connectivity index (χ0n) is 22.4. The summed E-state index contributed by atoms with van der Waals surface area (Å²) in [4.78, 5) is 40.0. The Balaban J connectivity index is 0.00000441. The number of aromatic nitrogens is 1. The Kier molecular flexibility index (Phi) is 11.6. The number of ether oxygens (including phenoxy) is 1. The van der Waals surface area contributed by atoms with Crippen LogP contribution in [0.1, 0.15) is 47.3 Å². The number of benzene rings is 2. The van der Waals surface area contributed by atoms with Crippen molar-refractivity contribution < 1.29 is 40.5 Å². The number of esters is 1. The van der Waals surface area contributed by atoms with Gasteiger partial charge in [-0.25, -0.2) is 13.8 Å². The number of anilines is 1. The number of hydrogen-bond donors (Lipinski definition) is 2. The van der Waals surface area contributed by atoms with Crippen LogP contribution in [0.2, 0.25) is 0 Å². The lowest BCUT2D eigenvalue weighted by Gasteiger charge is -2.25. The van der Waals surface area contributed by atoms with Gasteiger partial charge in [0, 0.05) is 31.6 Å². The Hall–Kier alpha value is -3.82. The van der Waals surface area contributed by atoms with E-state index in [1.54, 1.807) is 35.0 Å². The Bertz CT molecular complexity index is 1310. The Morgan fingerprint density at radius 2 is 1.85 bits per heavy atom. The molecule has 2 amide bonds. The van der Waals surface area contributed by atoms with Gasteiger partial charge in [0.15, 0.2) is 12.0 Å². The van der Waals surface area contributed by atoms with E-state index < -0.39 is 17.8 Å². The summed E-state index contributed by atoms with van der Waals surface area (Å²) in [5.41, 5.74) is 2.86. The molecule has 0 aliphatic carbocycles. The molecule has 0 fully saturated rings. The first-order chi connectivity index (χ1) is 19.0. The fourth-order valence-electron chi connectivity index (χ4n) is 4.66. The lowest BCUT2D eigenvalue weighted by Crippen LogP contribution is -3.00. The third kappa shape index (κ3) is 8.09. The maximum atomic E-state index is 14.2. The van der Waals surface area contributed by atoms with Gasteiger partial charge in [-0.05, 0) is 35.7 Å². The van der Waals surface area contributed by atoms with E-state index >= 15 is 0 Å². The highest BCUT2D eigenvalue weighted by Gasteiger charge is 2.27. The van der Waals surface area contributed by atoms with E-state index in [9.17, 15) is 18.8 Å². The quantitative estimate of drug-likeness (QED) is 0.195. The second-order valence-electron chi connectivity index (χ2n) is 9.38. The van der Waals surface area contributed by atoms with E-state index in [0.29, 0.717) is 18.8 Å². The highest BCUT2D eigenvalue weighted by atomic mass is 35.5. The molecule has 3 aromatic rings. The van der Waals surface area contributed by atoms with Crippen LogP contribution in [-0.4, -0.2) is 44.0 Å². The third-order valence-corrected chi connectivity index (χ3v) is 6.50. The fraction of sp³-hybridized carbons (Fsp3) is 0.333. The summed E-state index contributed by atoms with van der Waals surface area (Å²) in [5, 5.41) is 5.93. The summed E-state index contributed by atoms with van der Waals surface area (Å²) < 4.78 is 21.3. The van der Waals surface area contributed by atoms with Gasteiger partial charge < -0.3 is 32.7 Å². The Labute approximate surface area is 239 Å². The molecule has 8 nitrogen and oxygen atoms in total. The van der Waals surface area contributed by atoms with Crippen LogP contribution in [0.25, 0.3) is 0 Å². The van der Waals surface area contributed by atoms with Crippen molar-refractivity contribution in [1.82, 2.24) is 10.6 Å². The molecule has 0 radical (unpaired) electrons. The van der Waals surface area contributed by atoms with Crippen molar-refractivity contribution >= 4 is 23.5 Å². The second kappa shape index (κ2) is 15.1. The van der Waals surface area contributed by atoms with E-state index in [1.165, 1.54) is 17.2 Å². The number of nitrogens with zero attached hydrogens (tertiary/aromatic N) is 2. The maximum Gasteiger partial charge on any atom is 0.327 e. The number of pyridine rings is 1. The maximum absolute atomic E-state index is 14.2. The molecular weight excluding hydrogens is 535 g/mol. The van der Waals surface area contributed by atoms with Crippen molar-refractivity contribution in [2.75, 3.05) is 31.1 Å². The number of hydrogen-bond acceptors (Lipinski definition) is 5. The molecule has 1 aliphatic heterocycles. The summed E-state index contributed by atoms with van der Waals surface area (Å²) in [6.45, 7) is 3.53. The van der Waals surface area contributed by atoms with E-state index in [1.807, 2.05) is 37.3 Å². The lowest BCUT2D eigenvalue weighted by molar-refractivity contribution is -0.698. The van der Waals surface area contributed by atoms with Crippen LogP contribution in [-0.2, 0) is 27.3 Å². The SMILES string of the molecule is CCC[n+]1cc(F)cc(C(=O)N(CCC(=O)NCCOC(=O)C2NCCc3ccccc32)c2ccccc2)c1.[Cl-]. The van der Waals surface area contributed by atoms with Crippen LogP contribution < -0.4 is 32.5 Å². The average Bonchev–Trinajstić information content (AvgIpc) is 2.95. The molecule has 0 bridgehead atoms. The molecule has 0 saturated carbocycles. The number of carbonyl (C=O) groups excluding carboxylic acids is 3. The summed E-state index contributed by atoms with van der Waals surface area (Å²) in [7, 11) is 0. The first kappa shape index (κ1) is 30.7. The van der Waals surface area contributed by atoms with Crippen LogP contribution >= 0.6 is 0 Å². The van der Waals surface area contributed by atoms with Crippen molar-refractivity contribution in [3.8, 4) is 0 Å². The van der Waals surface area contributed by atoms with Crippen molar-refractivity contribution in [2.24, 2.45) is 0 Å². The lowest BCUT2D eigenvalue weighted by atomic mass is 9.94. The molecule has 212 valence electrons. The van der Waals surface area contributed by atoms with Crippen LogP contribution in [0.5, 0.6) is 0 Å². The number of carbonyl (C=O) groups is 3. The van der Waals surface area contributed by atoms with Gasteiger partial charge >= 0.3 is 5.97 Å². The number of rotatable bonds is 11. The normalized spacial score (nSPS) is 13.9. The molecule has 2 aromatic carbocycles. The molecule has 1 aliphatic rings. The minimum absolute atomic E-state index is 0. The molecule has 4 rings (SSSR count). The summed E-state index contributed by atoms with van der Waals surface area (Å²) in [6, 6.07) is 17.4. The van der Waals surface area contributed by atoms with E-state index in [-0.39, 0.29) is 56.0 Å². The van der Waals surface area contributed by atoms with Crippen molar-refractivity contribution in [2.45, 2.75) is 38.8 Å². The van der Waals surface area contributed by atoms with Crippen molar-refractivity contribution in [3.63, 3.8) is 0 Å². The van der Waals surface area contributed by atoms with Gasteiger partial charge in [0.1, 0.15) is 24.8 Å². The van der Waals surface area contributed by atoms with Crippen molar-refractivity contribution in [1.29, 1.82) is 0 Å². The summed E-state index contributed by atoms with van der Waals surface area (Å²) >= 11 is 0. The van der Waals surface area contributed by atoms with E-state index in [4.69, 9.17) is 4.74 Å². The Morgan fingerprint density at radius 3 is 2.62 bits per heavy atom. The molecule has 2 N–H and O–H groups in total. The Morgan fingerprint density at radius 1 is 1.10 bits per heavy atom. The predicted molar refractivity (Wildman–Crippen MR) is 144 cm³/mol. The molecule has 40 heavy (non-hydrogen) atoms. The van der Waals surface area contributed by atoms with Gasteiger partial charge in [0.25, 0.3) is 5.91 Å². The topological polar surface area (TPSA) is 91.6 Å². The zero-order chi connectivity index (χ0) is 27.6. The van der Waals surface area contributed by atoms with Crippen LogP contribution in [0.15, 0.2) is 73.1 Å². The molecule has 2 heterocycles. The standard InChI is InChI=1S/C30H33FN4O4.ClH/c1-2-16-34-20-23(19-24(31)21-34)29(37)35(25-9-4-3-5-10-25)17-13-27(36)32-15-18-39-30(38)28-26-11-7-6-8-22(26)12-14-33-28;/h3-11,19-21,28,33H,2,12-18H2,1H3;1H. The molecular formula is C30H34ClFN4O4. The summed E-state index contributed by atoms with van der Waals surface area (Å²) in [6.07, 6.45) is 4.66. The predicted octanol–water partition coefficient (Wildman–Crippen LogP) is 0.111. The van der Waals surface area contributed by atoms with Gasteiger partial charge in [-0.2, -0.15) is 0 Å². The molecule has 10 heteroatoms. The number of halogens is 2. The van der Waals surface area contributed by atoms with Gasteiger partial charge in [-0.1, -0.05) is 49.4 Å². The number of fused-ring (bicyclic) bond motifs is 1. The highest BCUT2D eigenvalue weighted by molar-refractivity contribution is 6.06. The smallest absolute Gasteiger partial charge is 0.327 e. The van der Waals surface area contributed by atoms with Crippen LogP contribution in [0, 0.1) is 5.82 Å². The van der Waals surface area contributed by atoms with E-state index in [0.717, 1.165) is 24.0 Å². The molecule has 1 atom stereocenters. The largest absolute Gasteiger partial charge is 1.00 e. The number of para-hydroxylation sites is 1. The van der Waals surface area contributed by atoms with Crippen molar-refractivity contribution in [3.05, 3.63) is 95.6 Å². The summed E-state index contributed by atoms with van der Waals surface area (Å²) in [5.74, 6) is -1.57. The van der Waals surface area contributed by atoms with Crippen LogP contribution in [0.4, 0.5) is 10.1 Å². The molecule has 1 unspecified atom stereocenters. The van der Waals surface area contributed by atoms with E-state index in [2.05, 4.69) is 10.6 Å². The molecule has 1 aromatic heterocycles. The number of aryl methyl sites for hydroxylation is 1. The highest BCUT2D eigenvalue weighted by Crippen LogP contribution is 2.23. The first-order valence-electron chi connectivity index (χ1n) is 13.3. The number of nitrogens with one attached hydrogen (secondary N) is 2. The minimum Gasteiger partial charge on any atom is -1.00 e. The monoisotopic (exact) mass is 568 g/mol. The average molecular weight is 569 g/mol. The minimum atomic E-state index is -0.519.